The topological polar surface area (TPSA) is 60.7 Å². The number of benzene rings is 2. The van der Waals surface area contributed by atoms with Gasteiger partial charge in [-0.2, -0.15) is 5.26 Å². The number of ether oxygens (including phenoxy) is 3. The van der Waals surface area contributed by atoms with Gasteiger partial charge < -0.3 is 18.6 Å². The second-order valence-electron chi connectivity index (χ2n) is 9.76. The summed E-state index contributed by atoms with van der Waals surface area (Å²) in [7, 11) is -2.69. The van der Waals surface area contributed by atoms with Gasteiger partial charge in [0, 0.05) is 0 Å². The molecule has 2 heterocycles. The molecule has 4 rings (SSSR count). The van der Waals surface area contributed by atoms with Crippen molar-refractivity contribution in [3.05, 3.63) is 60.7 Å². The fourth-order valence-electron chi connectivity index (χ4n) is 4.89. The van der Waals surface area contributed by atoms with Gasteiger partial charge in [-0.1, -0.05) is 81.4 Å². The van der Waals surface area contributed by atoms with Crippen LogP contribution in [0.15, 0.2) is 60.7 Å². The van der Waals surface area contributed by atoms with E-state index < -0.39 is 26.3 Å². The minimum Gasteiger partial charge on any atom is -0.405 e. The largest absolute Gasteiger partial charge is 0.405 e. The fourth-order valence-corrected chi connectivity index (χ4v) is 9.46. The molecule has 6 heteroatoms. The zero-order chi connectivity index (χ0) is 22.3. The van der Waals surface area contributed by atoms with E-state index in [0.717, 1.165) is 0 Å². The van der Waals surface area contributed by atoms with E-state index in [-0.39, 0.29) is 17.2 Å². The van der Waals surface area contributed by atoms with E-state index in [0.29, 0.717) is 6.61 Å². The quantitative estimate of drug-likeness (QED) is 0.671. The summed E-state index contributed by atoms with van der Waals surface area (Å²) in [6.45, 7) is 10.8. The maximum Gasteiger partial charge on any atom is 0.261 e. The number of hydrogen-bond donors (Lipinski definition) is 0. The van der Waals surface area contributed by atoms with E-state index in [1.165, 1.54) is 10.4 Å². The molecule has 2 saturated heterocycles. The average molecular weight is 438 g/mol. The van der Waals surface area contributed by atoms with E-state index in [1.54, 1.807) is 0 Å². The molecule has 2 aliphatic heterocycles. The first-order valence-electron chi connectivity index (χ1n) is 10.8. The molecule has 0 spiro atoms. The molecule has 0 radical (unpaired) electrons. The molecule has 0 N–H and O–H groups in total. The van der Waals surface area contributed by atoms with Crippen LogP contribution in [0.3, 0.4) is 0 Å². The lowest BCUT2D eigenvalue weighted by atomic mass is 10.1. The summed E-state index contributed by atoms with van der Waals surface area (Å²) in [5.41, 5.74) is 0. The van der Waals surface area contributed by atoms with Gasteiger partial charge in [0.2, 0.25) is 0 Å². The van der Waals surface area contributed by atoms with E-state index in [2.05, 4.69) is 75.4 Å². The van der Waals surface area contributed by atoms with Crippen LogP contribution in [-0.2, 0) is 18.6 Å². The maximum absolute atomic E-state index is 9.57. The zero-order valence-electron chi connectivity index (χ0n) is 18.9. The number of nitrogens with zero attached hydrogens (tertiary/aromatic N) is 1. The predicted molar refractivity (Wildman–Crippen MR) is 122 cm³/mol. The Morgan fingerprint density at radius 3 is 1.94 bits per heavy atom. The Morgan fingerprint density at radius 2 is 1.45 bits per heavy atom. The first-order chi connectivity index (χ1) is 14.7. The van der Waals surface area contributed by atoms with Gasteiger partial charge in [0.15, 0.2) is 11.9 Å². The molecule has 2 aromatic carbocycles. The van der Waals surface area contributed by atoms with E-state index in [4.69, 9.17) is 18.6 Å². The van der Waals surface area contributed by atoms with Gasteiger partial charge in [-0.15, -0.1) is 0 Å². The summed E-state index contributed by atoms with van der Waals surface area (Å²) in [4.78, 5) is 0. The van der Waals surface area contributed by atoms with Crippen LogP contribution in [0, 0.1) is 11.3 Å². The second-order valence-corrected chi connectivity index (χ2v) is 14.1. The molecule has 0 saturated carbocycles. The maximum atomic E-state index is 9.57. The minimum atomic E-state index is -2.69. The van der Waals surface area contributed by atoms with Crippen LogP contribution in [0.5, 0.6) is 0 Å². The van der Waals surface area contributed by atoms with Crippen molar-refractivity contribution in [2.75, 3.05) is 6.61 Å². The van der Waals surface area contributed by atoms with E-state index >= 15 is 0 Å². The molecular formula is C25H31NO4Si. The third-order valence-electron chi connectivity index (χ3n) is 6.16. The molecule has 2 fully saturated rings. The molecular weight excluding hydrogens is 406 g/mol. The molecule has 1 unspecified atom stereocenters. The van der Waals surface area contributed by atoms with Gasteiger partial charge in [0.25, 0.3) is 8.32 Å². The summed E-state index contributed by atoms with van der Waals surface area (Å²) in [5.74, 6) is -0.732. The smallest absolute Gasteiger partial charge is 0.261 e. The van der Waals surface area contributed by atoms with Gasteiger partial charge in [-0.25, -0.2) is 0 Å². The summed E-state index contributed by atoms with van der Waals surface area (Å²) in [6, 6.07) is 23.2. The normalized spacial score (nSPS) is 27.6. The standard InChI is InChI=1S/C25H31NO4Si/c1-24(2,3)31(18-12-8-6-9-13-18,19-14-10-7-11-15-19)27-17-21-23-22(20(16-26)28-21)29-25(4,5)30-23/h6-15,20-23H,17H2,1-5H3/t20-,21+,22?,23-/m0/s1. The van der Waals surface area contributed by atoms with Gasteiger partial charge >= 0.3 is 0 Å². The van der Waals surface area contributed by atoms with Crippen molar-refractivity contribution in [2.45, 2.75) is 69.9 Å². The van der Waals surface area contributed by atoms with Gasteiger partial charge in [0.05, 0.1) is 12.7 Å². The summed E-state index contributed by atoms with van der Waals surface area (Å²) in [6.07, 6.45) is -1.73. The lowest BCUT2D eigenvalue weighted by Crippen LogP contribution is -2.67. The Bertz CT molecular complexity index is 896. The van der Waals surface area contributed by atoms with E-state index in [9.17, 15) is 5.26 Å². The van der Waals surface area contributed by atoms with Crippen molar-refractivity contribution >= 4 is 18.7 Å². The molecule has 0 aromatic heterocycles. The van der Waals surface area contributed by atoms with Crippen molar-refractivity contribution in [3.63, 3.8) is 0 Å². The molecule has 0 aliphatic carbocycles. The molecule has 0 bridgehead atoms. The van der Waals surface area contributed by atoms with Crippen molar-refractivity contribution in [1.29, 1.82) is 5.26 Å². The summed E-state index contributed by atoms with van der Waals surface area (Å²) >= 11 is 0. The number of hydrogen-bond acceptors (Lipinski definition) is 5. The zero-order valence-corrected chi connectivity index (χ0v) is 19.9. The van der Waals surface area contributed by atoms with Gasteiger partial charge in [-0.05, 0) is 29.3 Å². The Morgan fingerprint density at radius 1 is 0.935 bits per heavy atom. The summed E-state index contributed by atoms with van der Waals surface area (Å²) in [5, 5.41) is 11.9. The first-order valence-corrected chi connectivity index (χ1v) is 12.7. The van der Waals surface area contributed by atoms with Crippen LogP contribution in [0.2, 0.25) is 5.04 Å². The van der Waals surface area contributed by atoms with Crippen molar-refractivity contribution in [1.82, 2.24) is 0 Å². The van der Waals surface area contributed by atoms with Gasteiger partial charge in [0.1, 0.15) is 18.3 Å². The van der Waals surface area contributed by atoms with Crippen molar-refractivity contribution < 1.29 is 18.6 Å². The number of rotatable bonds is 5. The van der Waals surface area contributed by atoms with Crippen molar-refractivity contribution in [2.24, 2.45) is 0 Å². The van der Waals surface area contributed by atoms with Crippen LogP contribution in [0.4, 0.5) is 0 Å². The molecule has 31 heavy (non-hydrogen) atoms. The lowest BCUT2D eigenvalue weighted by Gasteiger charge is -2.43. The Balaban J connectivity index is 1.70. The Hall–Kier alpha value is -2.01. The first kappa shape index (κ1) is 22.2. The highest BCUT2D eigenvalue weighted by Crippen LogP contribution is 2.41. The second kappa shape index (κ2) is 8.16. The highest BCUT2D eigenvalue weighted by Gasteiger charge is 2.57. The monoisotopic (exact) mass is 437 g/mol. The third-order valence-corrected chi connectivity index (χ3v) is 11.2. The highest BCUT2D eigenvalue weighted by atomic mass is 28.4. The molecule has 164 valence electrons. The van der Waals surface area contributed by atoms with Crippen LogP contribution in [0.1, 0.15) is 34.6 Å². The predicted octanol–water partition coefficient (Wildman–Crippen LogP) is 3.37. The lowest BCUT2D eigenvalue weighted by molar-refractivity contribution is -0.184. The molecule has 2 aromatic rings. The molecule has 2 aliphatic rings. The van der Waals surface area contributed by atoms with Crippen molar-refractivity contribution in [3.8, 4) is 6.07 Å². The molecule has 4 atom stereocenters. The Labute approximate surface area is 186 Å². The number of nitriles is 1. The fraction of sp³-hybridized carbons (Fsp3) is 0.480. The summed E-state index contributed by atoms with van der Waals surface area (Å²) < 4.78 is 25.1. The van der Waals surface area contributed by atoms with Crippen LogP contribution in [0.25, 0.3) is 0 Å². The van der Waals surface area contributed by atoms with Gasteiger partial charge in [-0.3, -0.25) is 0 Å². The van der Waals surface area contributed by atoms with E-state index in [1.807, 2.05) is 26.0 Å². The SMILES string of the molecule is CC1(C)OC2[C@H](C#N)O[C@H](CO[Si](c3ccccc3)(c3ccccc3)C(C)(C)C)[C@@H]2O1. The third kappa shape index (κ3) is 3.97. The highest BCUT2D eigenvalue weighted by molar-refractivity contribution is 6.99. The average Bonchev–Trinajstić information content (AvgIpc) is 3.22. The molecule has 0 amide bonds. The van der Waals surface area contributed by atoms with Crippen LogP contribution < -0.4 is 10.4 Å². The van der Waals surface area contributed by atoms with Crippen LogP contribution in [-0.4, -0.2) is 45.1 Å². The molecule has 5 nitrogen and oxygen atoms in total. The minimum absolute atomic E-state index is 0.130. The van der Waals surface area contributed by atoms with Crippen LogP contribution >= 0.6 is 0 Å². The Kier molecular flexibility index (Phi) is 5.84. The number of fused-ring (bicyclic) bond motifs is 1.